The van der Waals surface area contributed by atoms with Crippen molar-refractivity contribution < 1.29 is 24.5 Å². The number of fused-ring (bicyclic) bond motifs is 1. The summed E-state index contributed by atoms with van der Waals surface area (Å²) in [5.74, 6) is -2.01. The van der Waals surface area contributed by atoms with E-state index in [2.05, 4.69) is 25.9 Å². The lowest BCUT2D eigenvalue weighted by molar-refractivity contribution is -0.135. The average molecular weight is 397 g/mol. The predicted molar refractivity (Wildman–Crippen MR) is 111 cm³/mol. The van der Waals surface area contributed by atoms with Gasteiger partial charge < -0.3 is 19.8 Å². The number of aryl methyl sites for hydroxylation is 1. The van der Waals surface area contributed by atoms with Crippen LogP contribution in [0.1, 0.15) is 23.6 Å². The number of rotatable bonds is 5. The summed E-state index contributed by atoms with van der Waals surface area (Å²) in [6, 6.07) is 14.5. The van der Waals surface area contributed by atoms with Gasteiger partial charge in [-0.3, -0.25) is 0 Å². The van der Waals surface area contributed by atoms with Crippen LogP contribution in [0.15, 0.2) is 60.2 Å². The van der Waals surface area contributed by atoms with Gasteiger partial charge in [-0.1, -0.05) is 49.4 Å². The van der Waals surface area contributed by atoms with Crippen molar-refractivity contribution in [2.24, 2.45) is 0 Å². The van der Waals surface area contributed by atoms with E-state index in [4.69, 9.17) is 4.74 Å². The zero-order chi connectivity index (χ0) is 21.6. The van der Waals surface area contributed by atoms with Gasteiger partial charge in [-0.2, -0.15) is 0 Å². The molecule has 0 saturated heterocycles. The lowest BCUT2D eigenvalue weighted by Gasteiger charge is -2.30. The summed E-state index contributed by atoms with van der Waals surface area (Å²) in [5, 5.41) is 18.9. The molecule has 0 bridgehead atoms. The van der Waals surface area contributed by atoms with Crippen LogP contribution in [0.2, 0.25) is 0 Å². The predicted octanol–water partition coefficient (Wildman–Crippen LogP) is 3.34. The molecule has 1 aliphatic rings. The quantitative estimate of drug-likeness (QED) is 0.753. The van der Waals surface area contributed by atoms with Gasteiger partial charge in [0.25, 0.3) is 0 Å². The summed E-state index contributed by atoms with van der Waals surface area (Å²) < 4.78 is 5.74. The number of benzene rings is 2. The Morgan fingerprint density at radius 1 is 1.07 bits per heavy atom. The largest absolute Gasteiger partial charge is 0.492 e. The lowest BCUT2D eigenvalue weighted by atomic mass is 9.69. The number of nitrogens with zero attached hydrogens (tertiary/aromatic N) is 1. The first-order valence-electron chi connectivity index (χ1n) is 9.35. The molecule has 29 heavy (non-hydrogen) atoms. The minimum Gasteiger partial charge on any atom is -0.492 e. The minimum absolute atomic E-state index is 0.0443. The molecule has 0 spiro atoms. The van der Waals surface area contributed by atoms with Gasteiger partial charge in [-0.05, 0) is 44.8 Å². The standard InChI is InChI=1S/C19H16O5.C4H11N/c1-12-6-2-3-7-13(12)19(15(18(22)23)10-17(20)21)11-24-16-9-5-4-8-14(16)19;1-4-5(2)3/h2-10H,11H2,1H3,(H,20,21)(H,22,23);4H2,1-3H3/b15-10-;. The van der Waals surface area contributed by atoms with Crippen molar-refractivity contribution in [2.75, 3.05) is 27.2 Å². The fourth-order valence-electron chi connectivity index (χ4n) is 3.34. The molecule has 154 valence electrons. The Bertz CT molecular complexity index is 919. The Kier molecular flexibility index (Phi) is 7.18. The molecule has 6 nitrogen and oxygen atoms in total. The highest BCUT2D eigenvalue weighted by atomic mass is 16.5. The van der Waals surface area contributed by atoms with Gasteiger partial charge in [0.15, 0.2) is 0 Å². The zero-order valence-electron chi connectivity index (χ0n) is 17.2. The number of carbonyl (C=O) groups is 2. The summed E-state index contributed by atoms with van der Waals surface area (Å²) in [5.41, 5.74) is 0.884. The topological polar surface area (TPSA) is 87.1 Å². The van der Waals surface area contributed by atoms with Crippen LogP contribution >= 0.6 is 0 Å². The number of para-hydroxylation sites is 1. The van der Waals surface area contributed by atoms with Gasteiger partial charge in [0.05, 0.1) is 11.0 Å². The average Bonchev–Trinajstić information content (AvgIpc) is 3.07. The Hall–Kier alpha value is -3.12. The number of ether oxygens (including phenoxy) is 1. The molecule has 6 heteroatoms. The molecular formula is C23H27NO5. The number of carboxylic acid groups (broad SMARTS) is 2. The summed E-state index contributed by atoms with van der Waals surface area (Å²) in [4.78, 5) is 25.3. The van der Waals surface area contributed by atoms with Gasteiger partial charge in [-0.15, -0.1) is 0 Å². The van der Waals surface area contributed by atoms with Crippen LogP contribution in [-0.2, 0) is 15.0 Å². The molecule has 0 aromatic heterocycles. The molecule has 0 amide bonds. The molecule has 2 aromatic rings. The van der Waals surface area contributed by atoms with Crippen molar-refractivity contribution in [3.8, 4) is 5.75 Å². The molecule has 0 saturated carbocycles. The summed E-state index contributed by atoms with van der Waals surface area (Å²) >= 11 is 0. The highest BCUT2D eigenvalue weighted by Crippen LogP contribution is 2.49. The first kappa shape index (κ1) is 22.2. The minimum atomic E-state index is -1.30. The van der Waals surface area contributed by atoms with E-state index in [9.17, 15) is 19.8 Å². The molecule has 3 rings (SSSR count). The zero-order valence-corrected chi connectivity index (χ0v) is 17.2. The third-order valence-electron chi connectivity index (χ3n) is 4.99. The molecule has 2 N–H and O–H groups in total. The monoisotopic (exact) mass is 397 g/mol. The van der Waals surface area contributed by atoms with E-state index in [0.717, 1.165) is 23.7 Å². The number of carboxylic acids is 2. The van der Waals surface area contributed by atoms with E-state index in [1.165, 1.54) is 0 Å². The van der Waals surface area contributed by atoms with Crippen LogP contribution in [0.25, 0.3) is 0 Å². The Labute approximate surface area is 171 Å². The SMILES string of the molecule is CCN(C)C.Cc1ccccc1C1(/C(=C\C(=O)O)C(=O)O)COc2ccccc21. The van der Waals surface area contributed by atoms with Crippen LogP contribution in [0.4, 0.5) is 0 Å². The first-order valence-corrected chi connectivity index (χ1v) is 9.35. The van der Waals surface area contributed by atoms with Gasteiger partial charge >= 0.3 is 11.9 Å². The molecule has 0 fully saturated rings. The van der Waals surface area contributed by atoms with E-state index >= 15 is 0 Å². The maximum atomic E-state index is 11.9. The second-order valence-corrected chi connectivity index (χ2v) is 7.10. The van der Waals surface area contributed by atoms with E-state index < -0.39 is 17.4 Å². The maximum absolute atomic E-state index is 11.9. The van der Waals surface area contributed by atoms with E-state index in [-0.39, 0.29) is 12.2 Å². The second-order valence-electron chi connectivity index (χ2n) is 7.10. The summed E-state index contributed by atoms with van der Waals surface area (Å²) in [6.45, 7) is 5.18. The van der Waals surface area contributed by atoms with Crippen LogP contribution < -0.4 is 4.74 Å². The molecule has 1 aliphatic heterocycles. The number of aliphatic carboxylic acids is 2. The van der Waals surface area contributed by atoms with Crippen molar-refractivity contribution in [1.82, 2.24) is 4.90 Å². The molecule has 0 radical (unpaired) electrons. The third-order valence-corrected chi connectivity index (χ3v) is 4.99. The van der Waals surface area contributed by atoms with Gasteiger partial charge in [0, 0.05) is 11.6 Å². The molecular weight excluding hydrogens is 370 g/mol. The summed E-state index contributed by atoms with van der Waals surface area (Å²) in [7, 11) is 4.11. The fraction of sp³-hybridized carbons (Fsp3) is 0.304. The van der Waals surface area contributed by atoms with E-state index in [0.29, 0.717) is 11.3 Å². The second kappa shape index (κ2) is 9.39. The Morgan fingerprint density at radius 3 is 2.14 bits per heavy atom. The molecule has 1 heterocycles. The highest BCUT2D eigenvalue weighted by molar-refractivity contribution is 5.98. The van der Waals surface area contributed by atoms with Gasteiger partial charge in [-0.25, -0.2) is 9.59 Å². The molecule has 2 aromatic carbocycles. The Morgan fingerprint density at radius 2 is 1.62 bits per heavy atom. The van der Waals surface area contributed by atoms with Crippen molar-refractivity contribution >= 4 is 11.9 Å². The Balaban J connectivity index is 0.000000537. The lowest BCUT2D eigenvalue weighted by Crippen LogP contribution is -2.37. The van der Waals surface area contributed by atoms with Crippen molar-refractivity contribution in [2.45, 2.75) is 19.3 Å². The maximum Gasteiger partial charge on any atom is 0.333 e. The molecule has 1 unspecified atom stereocenters. The van der Waals surface area contributed by atoms with E-state index in [1.54, 1.807) is 24.3 Å². The number of hydrogen-bond donors (Lipinski definition) is 2. The normalized spacial score (nSPS) is 17.8. The van der Waals surface area contributed by atoms with E-state index in [1.807, 2.05) is 31.2 Å². The molecule has 0 aliphatic carbocycles. The summed E-state index contributed by atoms with van der Waals surface area (Å²) in [6.07, 6.45) is 0.764. The van der Waals surface area contributed by atoms with Crippen LogP contribution in [0.5, 0.6) is 5.75 Å². The smallest absolute Gasteiger partial charge is 0.333 e. The van der Waals surface area contributed by atoms with Crippen LogP contribution in [0.3, 0.4) is 0 Å². The molecule has 1 atom stereocenters. The first-order chi connectivity index (χ1) is 13.7. The van der Waals surface area contributed by atoms with Crippen LogP contribution in [0, 0.1) is 6.92 Å². The van der Waals surface area contributed by atoms with Crippen LogP contribution in [-0.4, -0.2) is 54.3 Å². The van der Waals surface area contributed by atoms with Crippen molar-refractivity contribution in [3.63, 3.8) is 0 Å². The van der Waals surface area contributed by atoms with Gasteiger partial charge in [0.2, 0.25) is 0 Å². The fourth-order valence-corrected chi connectivity index (χ4v) is 3.34. The van der Waals surface area contributed by atoms with Crippen molar-refractivity contribution in [3.05, 3.63) is 76.9 Å². The third kappa shape index (κ3) is 4.66. The number of hydrogen-bond acceptors (Lipinski definition) is 4. The van der Waals surface area contributed by atoms with Crippen molar-refractivity contribution in [1.29, 1.82) is 0 Å². The highest BCUT2D eigenvalue weighted by Gasteiger charge is 2.49. The van der Waals surface area contributed by atoms with Gasteiger partial charge in [0.1, 0.15) is 12.4 Å².